The summed E-state index contributed by atoms with van der Waals surface area (Å²) in [6.45, 7) is 3.87. The lowest BCUT2D eigenvalue weighted by Crippen LogP contribution is -2.48. The fourth-order valence-electron chi connectivity index (χ4n) is 3.46. The van der Waals surface area contributed by atoms with Crippen molar-refractivity contribution in [2.24, 2.45) is 0 Å². The van der Waals surface area contributed by atoms with Gasteiger partial charge < -0.3 is 4.90 Å². The van der Waals surface area contributed by atoms with E-state index in [4.69, 9.17) is 5.26 Å². The van der Waals surface area contributed by atoms with Crippen molar-refractivity contribution in [3.05, 3.63) is 89.6 Å². The third-order valence-electron chi connectivity index (χ3n) is 5.11. The lowest BCUT2D eigenvalue weighted by Gasteiger charge is -2.35. The van der Waals surface area contributed by atoms with Gasteiger partial charge in [0.25, 0.3) is 5.91 Å². The fraction of sp³-hybridized carbons (Fsp3) is 0.208. The normalized spacial score (nSPS) is 14.3. The van der Waals surface area contributed by atoms with Gasteiger partial charge in [-0.05, 0) is 42.0 Å². The van der Waals surface area contributed by atoms with Crippen molar-refractivity contribution in [3.63, 3.8) is 0 Å². The van der Waals surface area contributed by atoms with Crippen LogP contribution in [0.3, 0.4) is 0 Å². The molecule has 0 spiro atoms. The topological polar surface area (TPSA) is 60.2 Å². The lowest BCUT2D eigenvalue weighted by atomic mass is 10.1. The molecule has 0 aliphatic carbocycles. The summed E-state index contributed by atoms with van der Waals surface area (Å²) in [5.74, 6) is 0.0413. The van der Waals surface area contributed by atoms with Gasteiger partial charge in [-0.15, -0.1) is 0 Å². The van der Waals surface area contributed by atoms with Gasteiger partial charge >= 0.3 is 0 Å². The molecule has 4 rings (SSSR count). The number of amides is 1. The monoisotopic (exact) mass is 414 g/mol. The fourth-order valence-corrected chi connectivity index (χ4v) is 4.35. The Labute approximate surface area is 181 Å². The molecule has 0 unspecified atom stereocenters. The Morgan fingerprint density at radius 3 is 2.40 bits per heavy atom. The summed E-state index contributed by atoms with van der Waals surface area (Å²) in [4.78, 5) is 23.0. The highest BCUT2D eigenvalue weighted by Gasteiger charge is 2.24. The molecular formula is C24H22N4OS. The van der Waals surface area contributed by atoms with Crippen molar-refractivity contribution in [2.45, 2.75) is 16.5 Å². The summed E-state index contributed by atoms with van der Waals surface area (Å²) < 4.78 is 0. The van der Waals surface area contributed by atoms with Crippen molar-refractivity contribution in [3.8, 4) is 6.07 Å². The van der Waals surface area contributed by atoms with Gasteiger partial charge in [0.05, 0.1) is 17.2 Å². The molecule has 0 atom stereocenters. The molecule has 0 radical (unpaired) electrons. The second kappa shape index (κ2) is 9.57. The first-order valence-electron chi connectivity index (χ1n) is 9.91. The highest BCUT2D eigenvalue weighted by atomic mass is 32.2. The first-order chi connectivity index (χ1) is 14.7. The highest BCUT2D eigenvalue weighted by molar-refractivity contribution is 7.99. The second-order valence-electron chi connectivity index (χ2n) is 7.15. The van der Waals surface area contributed by atoms with E-state index in [-0.39, 0.29) is 5.91 Å². The quantitative estimate of drug-likeness (QED) is 0.630. The van der Waals surface area contributed by atoms with Crippen molar-refractivity contribution < 1.29 is 4.79 Å². The maximum absolute atomic E-state index is 13.2. The molecule has 1 amide bonds. The van der Waals surface area contributed by atoms with Gasteiger partial charge in [-0.1, -0.05) is 42.1 Å². The molecule has 1 fully saturated rings. The minimum atomic E-state index is 0.0413. The maximum atomic E-state index is 13.2. The standard InChI is InChI=1S/C24H22N4OS/c25-17-19-8-10-20(11-9-19)18-27-13-15-28(16-14-27)24(29)22-7-4-12-26-23(22)30-21-5-2-1-3-6-21/h1-12H,13-16,18H2. The molecule has 6 heteroatoms. The number of hydrogen-bond acceptors (Lipinski definition) is 5. The molecule has 0 N–H and O–H groups in total. The zero-order chi connectivity index (χ0) is 20.8. The number of benzene rings is 2. The number of aromatic nitrogens is 1. The minimum Gasteiger partial charge on any atom is -0.336 e. The number of rotatable bonds is 5. The predicted molar refractivity (Wildman–Crippen MR) is 117 cm³/mol. The predicted octanol–water partition coefficient (Wildman–Crippen LogP) is 4.06. The summed E-state index contributed by atoms with van der Waals surface area (Å²) >= 11 is 1.52. The molecule has 2 aromatic carbocycles. The van der Waals surface area contributed by atoms with E-state index in [1.165, 1.54) is 17.3 Å². The zero-order valence-corrected chi connectivity index (χ0v) is 17.4. The number of hydrogen-bond donors (Lipinski definition) is 0. The molecule has 150 valence electrons. The van der Waals surface area contributed by atoms with Crippen molar-refractivity contribution in [1.29, 1.82) is 5.26 Å². The lowest BCUT2D eigenvalue weighted by molar-refractivity contribution is 0.0624. The summed E-state index contributed by atoms with van der Waals surface area (Å²) in [5, 5.41) is 9.67. The van der Waals surface area contributed by atoms with Crippen molar-refractivity contribution in [1.82, 2.24) is 14.8 Å². The molecule has 5 nitrogen and oxygen atoms in total. The van der Waals surface area contributed by atoms with E-state index in [0.29, 0.717) is 24.2 Å². The van der Waals surface area contributed by atoms with Crippen LogP contribution in [-0.2, 0) is 6.54 Å². The largest absolute Gasteiger partial charge is 0.336 e. The second-order valence-corrected chi connectivity index (χ2v) is 8.21. The molecular weight excluding hydrogens is 392 g/mol. The number of piperazine rings is 1. The van der Waals surface area contributed by atoms with E-state index in [2.05, 4.69) is 16.0 Å². The van der Waals surface area contributed by atoms with E-state index in [1.807, 2.05) is 71.6 Å². The minimum absolute atomic E-state index is 0.0413. The van der Waals surface area contributed by atoms with Crippen LogP contribution in [0.4, 0.5) is 0 Å². The highest BCUT2D eigenvalue weighted by Crippen LogP contribution is 2.29. The Balaban J connectivity index is 1.38. The van der Waals surface area contributed by atoms with Crippen LogP contribution in [0.2, 0.25) is 0 Å². The van der Waals surface area contributed by atoms with Gasteiger partial charge in [0, 0.05) is 43.8 Å². The van der Waals surface area contributed by atoms with Gasteiger partial charge in [-0.2, -0.15) is 5.26 Å². The van der Waals surface area contributed by atoms with Gasteiger partial charge in [0.15, 0.2) is 0 Å². The van der Waals surface area contributed by atoms with Gasteiger partial charge in [0.2, 0.25) is 0 Å². The van der Waals surface area contributed by atoms with Crippen LogP contribution in [0.25, 0.3) is 0 Å². The molecule has 0 bridgehead atoms. The Kier molecular flexibility index (Phi) is 6.43. The van der Waals surface area contributed by atoms with E-state index in [9.17, 15) is 4.79 Å². The third-order valence-corrected chi connectivity index (χ3v) is 6.13. The van der Waals surface area contributed by atoms with Crippen LogP contribution in [0.15, 0.2) is 82.8 Å². The van der Waals surface area contributed by atoms with Crippen LogP contribution in [0, 0.1) is 11.3 Å². The van der Waals surface area contributed by atoms with Crippen LogP contribution in [0.1, 0.15) is 21.5 Å². The van der Waals surface area contributed by atoms with E-state index < -0.39 is 0 Å². The maximum Gasteiger partial charge on any atom is 0.256 e. The van der Waals surface area contributed by atoms with Gasteiger partial charge in [-0.25, -0.2) is 4.98 Å². The SMILES string of the molecule is N#Cc1ccc(CN2CCN(C(=O)c3cccnc3Sc3ccccc3)CC2)cc1. The van der Waals surface area contributed by atoms with Crippen molar-refractivity contribution >= 4 is 17.7 Å². The van der Waals surface area contributed by atoms with E-state index in [1.54, 1.807) is 6.20 Å². The summed E-state index contributed by atoms with van der Waals surface area (Å²) in [5.41, 5.74) is 2.52. The molecule has 3 aromatic rings. The first-order valence-corrected chi connectivity index (χ1v) is 10.7. The molecule has 1 aromatic heterocycles. The molecule has 30 heavy (non-hydrogen) atoms. The smallest absolute Gasteiger partial charge is 0.256 e. The molecule has 2 heterocycles. The first kappa shape index (κ1) is 20.1. The summed E-state index contributed by atoms with van der Waals surface area (Å²) in [7, 11) is 0. The van der Waals surface area contributed by atoms with Crippen LogP contribution < -0.4 is 0 Å². The summed E-state index contributed by atoms with van der Waals surface area (Å²) in [6, 6.07) is 23.5. The van der Waals surface area contributed by atoms with Crippen LogP contribution >= 0.6 is 11.8 Å². The Bertz CT molecular complexity index is 1040. The van der Waals surface area contributed by atoms with E-state index in [0.717, 1.165) is 29.6 Å². The van der Waals surface area contributed by atoms with Crippen LogP contribution in [-0.4, -0.2) is 46.9 Å². The third kappa shape index (κ3) is 4.88. The molecule has 1 aliphatic rings. The molecule has 0 saturated carbocycles. The zero-order valence-electron chi connectivity index (χ0n) is 16.6. The Morgan fingerprint density at radius 1 is 0.967 bits per heavy atom. The number of carbonyl (C=O) groups is 1. The average molecular weight is 415 g/mol. The molecule has 1 aliphatic heterocycles. The average Bonchev–Trinajstić information content (AvgIpc) is 2.81. The number of pyridine rings is 1. The Hall–Kier alpha value is -3.14. The number of carbonyl (C=O) groups excluding carboxylic acids is 1. The Morgan fingerprint density at radius 2 is 1.70 bits per heavy atom. The van der Waals surface area contributed by atoms with Gasteiger partial charge in [0.1, 0.15) is 5.03 Å². The van der Waals surface area contributed by atoms with E-state index >= 15 is 0 Å². The van der Waals surface area contributed by atoms with Crippen molar-refractivity contribution in [2.75, 3.05) is 26.2 Å². The van der Waals surface area contributed by atoms with Gasteiger partial charge in [-0.3, -0.25) is 9.69 Å². The number of nitriles is 1. The summed E-state index contributed by atoms with van der Waals surface area (Å²) in [6.07, 6.45) is 1.73. The van der Waals surface area contributed by atoms with Crippen LogP contribution in [0.5, 0.6) is 0 Å². The number of nitrogens with zero attached hydrogens (tertiary/aromatic N) is 4. The molecule has 1 saturated heterocycles.